The number of rotatable bonds is 4. The first-order chi connectivity index (χ1) is 10.0. The molecule has 1 aromatic heterocycles. The van der Waals surface area contributed by atoms with Crippen LogP contribution in [0.5, 0.6) is 5.88 Å². The first-order valence-corrected chi connectivity index (χ1v) is 5.93. The van der Waals surface area contributed by atoms with Crippen molar-refractivity contribution in [3.05, 3.63) is 59.0 Å². The molecule has 0 saturated heterocycles. The molecule has 0 saturated carbocycles. The van der Waals surface area contributed by atoms with Crippen molar-refractivity contribution in [3.63, 3.8) is 0 Å². The van der Waals surface area contributed by atoms with E-state index >= 15 is 0 Å². The quantitative estimate of drug-likeness (QED) is 0.943. The lowest BCUT2D eigenvalue weighted by Crippen LogP contribution is -2.24. The number of carbonyl (C=O) groups is 1. The van der Waals surface area contributed by atoms with E-state index in [4.69, 9.17) is 4.74 Å². The Morgan fingerprint density at radius 1 is 1.33 bits per heavy atom. The smallest absolute Gasteiger partial charge is 0.257 e. The van der Waals surface area contributed by atoms with Gasteiger partial charge in [0.15, 0.2) is 11.6 Å². The Labute approximate surface area is 118 Å². The summed E-state index contributed by atoms with van der Waals surface area (Å²) in [6.45, 7) is -0.248. The second kappa shape index (κ2) is 6.25. The molecule has 0 aliphatic heterocycles. The van der Waals surface area contributed by atoms with Crippen LogP contribution in [-0.2, 0) is 6.54 Å². The van der Waals surface area contributed by atoms with Crippen LogP contribution in [0.2, 0.25) is 0 Å². The van der Waals surface area contributed by atoms with Crippen molar-refractivity contribution in [2.45, 2.75) is 6.54 Å². The average Bonchev–Trinajstić information content (AvgIpc) is 2.48. The Hall–Kier alpha value is -2.57. The van der Waals surface area contributed by atoms with Gasteiger partial charge in [-0.15, -0.1) is 0 Å². The molecule has 0 radical (unpaired) electrons. The van der Waals surface area contributed by atoms with Gasteiger partial charge in [-0.25, -0.2) is 18.2 Å². The summed E-state index contributed by atoms with van der Waals surface area (Å²) in [4.78, 5) is 15.5. The molecule has 110 valence electrons. The van der Waals surface area contributed by atoms with Crippen molar-refractivity contribution in [2.75, 3.05) is 7.11 Å². The minimum absolute atomic E-state index is 0.0216. The van der Waals surface area contributed by atoms with Gasteiger partial charge in [0, 0.05) is 12.1 Å². The molecule has 7 heteroatoms. The van der Waals surface area contributed by atoms with Crippen molar-refractivity contribution in [1.82, 2.24) is 10.3 Å². The second-order valence-corrected chi connectivity index (χ2v) is 4.11. The summed E-state index contributed by atoms with van der Waals surface area (Å²) in [6.07, 6.45) is 0.905. The number of methoxy groups -OCH3 is 1. The molecular formula is C14H11F3N2O2. The van der Waals surface area contributed by atoms with E-state index in [0.29, 0.717) is 0 Å². The zero-order valence-corrected chi connectivity index (χ0v) is 11.0. The Balaban J connectivity index is 2.15. The number of carbonyl (C=O) groups excluding carboxylic acids is 1. The summed E-state index contributed by atoms with van der Waals surface area (Å²) in [6, 6.07) is 4.58. The van der Waals surface area contributed by atoms with Crippen LogP contribution >= 0.6 is 0 Å². The third-order valence-corrected chi connectivity index (χ3v) is 2.73. The fourth-order valence-corrected chi connectivity index (χ4v) is 1.71. The van der Waals surface area contributed by atoms with Crippen molar-refractivity contribution >= 4 is 5.91 Å². The molecule has 0 unspecified atom stereocenters. The Bertz CT molecular complexity index is 677. The molecule has 0 fully saturated rings. The first-order valence-electron chi connectivity index (χ1n) is 5.93. The number of nitrogens with zero attached hydrogens (tertiary/aromatic N) is 1. The van der Waals surface area contributed by atoms with Crippen molar-refractivity contribution in [3.8, 4) is 5.88 Å². The van der Waals surface area contributed by atoms with Crippen molar-refractivity contribution in [2.24, 2.45) is 0 Å². The van der Waals surface area contributed by atoms with Crippen molar-refractivity contribution < 1.29 is 22.7 Å². The van der Waals surface area contributed by atoms with Gasteiger partial charge in [0.25, 0.3) is 5.91 Å². The summed E-state index contributed by atoms with van der Waals surface area (Å²) < 4.78 is 44.4. The minimum atomic E-state index is -1.04. The van der Waals surface area contributed by atoms with Gasteiger partial charge >= 0.3 is 0 Å². The van der Waals surface area contributed by atoms with Crippen LogP contribution in [0.15, 0.2) is 30.5 Å². The fourth-order valence-electron chi connectivity index (χ4n) is 1.71. The lowest BCUT2D eigenvalue weighted by atomic mass is 10.2. The third kappa shape index (κ3) is 3.31. The Kier molecular flexibility index (Phi) is 4.42. The molecule has 21 heavy (non-hydrogen) atoms. The number of nitrogens with one attached hydrogen (secondary N) is 1. The highest BCUT2D eigenvalue weighted by molar-refractivity contribution is 5.96. The fraction of sp³-hybridized carbons (Fsp3) is 0.143. The van der Waals surface area contributed by atoms with Crippen LogP contribution < -0.4 is 10.1 Å². The van der Waals surface area contributed by atoms with E-state index < -0.39 is 23.4 Å². The van der Waals surface area contributed by atoms with Crippen LogP contribution in [0, 0.1) is 17.5 Å². The number of amides is 1. The van der Waals surface area contributed by atoms with Crippen LogP contribution in [0.1, 0.15) is 15.9 Å². The highest BCUT2D eigenvalue weighted by atomic mass is 19.2. The molecule has 2 rings (SSSR count). The summed E-state index contributed by atoms with van der Waals surface area (Å²) in [5.41, 5.74) is -0.152. The van der Waals surface area contributed by atoms with Crippen LogP contribution in [-0.4, -0.2) is 18.0 Å². The number of hydrogen-bond acceptors (Lipinski definition) is 3. The monoisotopic (exact) mass is 296 g/mol. The summed E-state index contributed by atoms with van der Waals surface area (Å²) in [5, 5.41) is 2.35. The minimum Gasteiger partial charge on any atom is -0.480 e. The number of halogens is 3. The molecule has 1 heterocycles. The normalized spacial score (nSPS) is 10.3. The average molecular weight is 296 g/mol. The summed E-state index contributed by atoms with van der Waals surface area (Å²) in [7, 11) is 1.28. The van der Waals surface area contributed by atoms with Gasteiger partial charge < -0.3 is 10.1 Å². The van der Waals surface area contributed by atoms with Crippen LogP contribution in [0.25, 0.3) is 0 Å². The van der Waals surface area contributed by atoms with Gasteiger partial charge in [-0.1, -0.05) is 12.1 Å². The number of hydrogen-bond donors (Lipinski definition) is 1. The maximum atomic E-state index is 13.4. The Morgan fingerprint density at radius 2 is 2.10 bits per heavy atom. The van der Waals surface area contributed by atoms with Gasteiger partial charge in [-0.05, 0) is 12.1 Å². The van der Waals surface area contributed by atoms with Gasteiger partial charge in [0.1, 0.15) is 11.4 Å². The zero-order valence-electron chi connectivity index (χ0n) is 11.0. The number of aromatic nitrogens is 1. The van der Waals surface area contributed by atoms with Gasteiger partial charge in [0.05, 0.1) is 13.3 Å². The maximum Gasteiger partial charge on any atom is 0.257 e. The molecule has 1 aromatic carbocycles. The molecule has 1 N–H and O–H groups in total. The van der Waals surface area contributed by atoms with E-state index in [1.807, 2.05) is 0 Å². The molecule has 0 bridgehead atoms. The lowest BCUT2D eigenvalue weighted by Gasteiger charge is -2.09. The zero-order chi connectivity index (χ0) is 15.4. The highest BCUT2D eigenvalue weighted by Gasteiger charge is 2.16. The topological polar surface area (TPSA) is 51.2 Å². The number of pyridine rings is 1. The molecule has 1 amide bonds. The predicted molar refractivity (Wildman–Crippen MR) is 68.3 cm³/mol. The van der Waals surface area contributed by atoms with E-state index in [-0.39, 0.29) is 23.6 Å². The third-order valence-electron chi connectivity index (χ3n) is 2.73. The molecular weight excluding hydrogens is 285 g/mol. The highest BCUT2D eigenvalue weighted by Crippen LogP contribution is 2.16. The SMILES string of the molecule is COc1ncc(F)cc1C(=O)NCc1cccc(F)c1F. The van der Waals surface area contributed by atoms with E-state index in [0.717, 1.165) is 18.3 Å². The number of ether oxygens (including phenoxy) is 1. The van der Waals surface area contributed by atoms with E-state index in [1.165, 1.54) is 19.2 Å². The van der Waals surface area contributed by atoms with E-state index in [9.17, 15) is 18.0 Å². The predicted octanol–water partition coefficient (Wildman–Crippen LogP) is 2.44. The summed E-state index contributed by atoms with van der Waals surface area (Å²) >= 11 is 0. The molecule has 0 aliphatic carbocycles. The lowest BCUT2D eigenvalue weighted by molar-refractivity contribution is 0.0946. The standard InChI is InChI=1S/C14H11F3N2O2/c1-21-14-10(5-9(15)7-19-14)13(20)18-6-8-3-2-4-11(16)12(8)17/h2-5,7H,6H2,1H3,(H,18,20). The Morgan fingerprint density at radius 3 is 2.81 bits per heavy atom. The first kappa shape index (κ1) is 14.8. The van der Waals surface area contributed by atoms with Gasteiger partial charge in [0.2, 0.25) is 5.88 Å². The molecule has 4 nitrogen and oxygen atoms in total. The molecule has 0 atom stereocenters. The van der Waals surface area contributed by atoms with Crippen molar-refractivity contribution in [1.29, 1.82) is 0 Å². The van der Waals surface area contributed by atoms with Gasteiger partial charge in [-0.3, -0.25) is 4.79 Å². The molecule has 0 aliphatic rings. The van der Waals surface area contributed by atoms with E-state index in [1.54, 1.807) is 0 Å². The number of benzene rings is 1. The summed E-state index contributed by atoms with van der Waals surface area (Å²) in [5.74, 6) is -3.53. The van der Waals surface area contributed by atoms with Crippen LogP contribution in [0.3, 0.4) is 0 Å². The van der Waals surface area contributed by atoms with E-state index in [2.05, 4.69) is 10.3 Å². The van der Waals surface area contributed by atoms with Gasteiger partial charge in [-0.2, -0.15) is 0 Å². The van der Waals surface area contributed by atoms with Crippen LogP contribution in [0.4, 0.5) is 13.2 Å². The largest absolute Gasteiger partial charge is 0.480 e. The molecule has 0 spiro atoms. The maximum absolute atomic E-state index is 13.4. The second-order valence-electron chi connectivity index (χ2n) is 4.11. The molecule has 2 aromatic rings.